The average Bonchev–Trinajstić information content (AvgIpc) is 3.11. The van der Waals surface area contributed by atoms with E-state index in [9.17, 15) is 4.79 Å². The molecule has 3 rings (SSSR count). The fourth-order valence-corrected chi connectivity index (χ4v) is 4.59. The van der Waals surface area contributed by atoms with Gasteiger partial charge in [0.05, 0.1) is 6.10 Å². The second kappa shape index (κ2) is 7.10. The monoisotopic (exact) mass is 294 g/mol. The number of likely N-dealkylation sites (tertiary alicyclic amines) is 1. The van der Waals surface area contributed by atoms with E-state index < -0.39 is 0 Å². The van der Waals surface area contributed by atoms with E-state index in [1.165, 1.54) is 25.7 Å². The van der Waals surface area contributed by atoms with Crippen LogP contribution in [0.15, 0.2) is 0 Å². The molecule has 0 aromatic carbocycles. The lowest BCUT2D eigenvalue weighted by molar-refractivity contribution is -0.135. The summed E-state index contributed by atoms with van der Waals surface area (Å²) in [5, 5.41) is 0. The van der Waals surface area contributed by atoms with E-state index in [1.54, 1.807) is 0 Å². The van der Waals surface area contributed by atoms with Crippen molar-refractivity contribution in [3.8, 4) is 0 Å². The number of nitrogens with zero attached hydrogens (tertiary/aromatic N) is 1. The molecule has 0 radical (unpaired) electrons. The number of carbonyl (C=O) groups excluding carboxylic acids is 1. The molecule has 3 atom stereocenters. The summed E-state index contributed by atoms with van der Waals surface area (Å²) < 4.78 is 5.81. The third-order valence-electron chi connectivity index (χ3n) is 5.82. The quantitative estimate of drug-likeness (QED) is 0.764. The van der Waals surface area contributed by atoms with Gasteiger partial charge in [-0.2, -0.15) is 0 Å². The SMILES string of the molecule is NCCCOC1CCN(C(=O)CC2CC3CCC2C3)CC1. The number of carbonyl (C=O) groups is 1. The Kier molecular flexibility index (Phi) is 5.17. The van der Waals surface area contributed by atoms with Crippen LogP contribution in [0.4, 0.5) is 0 Å². The van der Waals surface area contributed by atoms with Crippen LogP contribution in [-0.4, -0.2) is 43.2 Å². The van der Waals surface area contributed by atoms with E-state index in [4.69, 9.17) is 10.5 Å². The first-order valence-corrected chi connectivity index (χ1v) is 8.85. The lowest BCUT2D eigenvalue weighted by atomic mass is 9.86. The topological polar surface area (TPSA) is 55.6 Å². The number of nitrogens with two attached hydrogens (primary N) is 1. The Morgan fingerprint density at radius 3 is 2.57 bits per heavy atom. The Morgan fingerprint density at radius 2 is 1.95 bits per heavy atom. The summed E-state index contributed by atoms with van der Waals surface area (Å²) in [5.41, 5.74) is 5.48. The van der Waals surface area contributed by atoms with Gasteiger partial charge in [0.2, 0.25) is 5.91 Å². The molecule has 0 aromatic heterocycles. The van der Waals surface area contributed by atoms with Crippen LogP contribution in [-0.2, 0) is 9.53 Å². The molecular weight excluding hydrogens is 264 g/mol. The number of hydrogen-bond donors (Lipinski definition) is 1. The predicted octanol–water partition coefficient (Wildman–Crippen LogP) is 2.17. The summed E-state index contributed by atoms with van der Waals surface area (Å²) in [6, 6.07) is 0. The molecule has 3 unspecified atom stereocenters. The van der Waals surface area contributed by atoms with Crippen LogP contribution in [0, 0.1) is 17.8 Å². The van der Waals surface area contributed by atoms with Gasteiger partial charge in [0.1, 0.15) is 0 Å². The van der Waals surface area contributed by atoms with Crippen LogP contribution in [0.5, 0.6) is 0 Å². The standard InChI is InChI=1S/C17H30N2O2/c18-6-1-9-21-16-4-7-19(8-5-16)17(20)12-15-11-13-2-3-14(15)10-13/h13-16H,1-12,18H2. The summed E-state index contributed by atoms with van der Waals surface area (Å²) in [7, 11) is 0. The van der Waals surface area contributed by atoms with Crippen molar-refractivity contribution in [2.24, 2.45) is 23.5 Å². The highest BCUT2D eigenvalue weighted by atomic mass is 16.5. The Bertz CT molecular complexity index is 353. The highest BCUT2D eigenvalue weighted by Gasteiger charge is 2.40. The van der Waals surface area contributed by atoms with Crippen molar-refractivity contribution in [2.45, 2.75) is 57.5 Å². The Balaban J connectivity index is 1.37. The first-order valence-electron chi connectivity index (χ1n) is 8.85. The molecule has 3 fully saturated rings. The zero-order valence-corrected chi connectivity index (χ0v) is 13.1. The van der Waals surface area contributed by atoms with Crippen LogP contribution in [0.25, 0.3) is 0 Å². The van der Waals surface area contributed by atoms with Crippen molar-refractivity contribution < 1.29 is 9.53 Å². The highest BCUT2D eigenvalue weighted by molar-refractivity contribution is 5.76. The first kappa shape index (κ1) is 15.3. The molecule has 4 heteroatoms. The molecule has 2 bridgehead atoms. The van der Waals surface area contributed by atoms with Crippen LogP contribution in [0.3, 0.4) is 0 Å². The third kappa shape index (κ3) is 3.78. The van der Waals surface area contributed by atoms with E-state index in [-0.39, 0.29) is 0 Å². The Hall–Kier alpha value is -0.610. The maximum absolute atomic E-state index is 12.5. The molecule has 0 spiro atoms. The Morgan fingerprint density at radius 1 is 1.14 bits per heavy atom. The van der Waals surface area contributed by atoms with Gasteiger partial charge in [-0.3, -0.25) is 4.79 Å². The molecule has 21 heavy (non-hydrogen) atoms. The summed E-state index contributed by atoms with van der Waals surface area (Å²) >= 11 is 0. The molecule has 2 aliphatic carbocycles. The molecule has 2 saturated carbocycles. The average molecular weight is 294 g/mol. The number of amides is 1. The predicted molar refractivity (Wildman–Crippen MR) is 82.8 cm³/mol. The number of ether oxygens (including phenoxy) is 1. The van der Waals surface area contributed by atoms with Crippen molar-refractivity contribution in [3.05, 3.63) is 0 Å². The van der Waals surface area contributed by atoms with Gasteiger partial charge in [0.25, 0.3) is 0 Å². The third-order valence-corrected chi connectivity index (χ3v) is 5.82. The number of rotatable bonds is 6. The smallest absolute Gasteiger partial charge is 0.222 e. The number of hydrogen-bond acceptors (Lipinski definition) is 3. The van der Waals surface area contributed by atoms with Crippen molar-refractivity contribution in [1.29, 1.82) is 0 Å². The molecule has 1 aliphatic heterocycles. The maximum Gasteiger partial charge on any atom is 0.222 e. The lowest BCUT2D eigenvalue weighted by Gasteiger charge is -2.33. The van der Waals surface area contributed by atoms with E-state index in [0.29, 0.717) is 24.5 Å². The molecule has 2 N–H and O–H groups in total. The fourth-order valence-electron chi connectivity index (χ4n) is 4.59. The molecule has 1 heterocycles. The van der Waals surface area contributed by atoms with Crippen molar-refractivity contribution in [1.82, 2.24) is 4.90 Å². The van der Waals surface area contributed by atoms with E-state index in [1.807, 2.05) is 0 Å². The largest absolute Gasteiger partial charge is 0.378 e. The molecule has 0 aromatic rings. The van der Waals surface area contributed by atoms with Crippen molar-refractivity contribution in [2.75, 3.05) is 26.2 Å². The minimum absolute atomic E-state index is 0.336. The van der Waals surface area contributed by atoms with Gasteiger partial charge in [-0.1, -0.05) is 6.42 Å². The van der Waals surface area contributed by atoms with E-state index in [0.717, 1.165) is 57.2 Å². The highest BCUT2D eigenvalue weighted by Crippen LogP contribution is 2.49. The van der Waals surface area contributed by atoms with Crippen LogP contribution >= 0.6 is 0 Å². The number of fused-ring (bicyclic) bond motifs is 2. The molecular formula is C17H30N2O2. The van der Waals surface area contributed by atoms with Crippen molar-refractivity contribution in [3.63, 3.8) is 0 Å². The molecule has 1 amide bonds. The van der Waals surface area contributed by atoms with Gasteiger partial charge in [0.15, 0.2) is 0 Å². The van der Waals surface area contributed by atoms with Gasteiger partial charge in [-0.25, -0.2) is 0 Å². The van der Waals surface area contributed by atoms with Crippen molar-refractivity contribution >= 4 is 5.91 Å². The fraction of sp³-hybridized carbons (Fsp3) is 0.941. The minimum Gasteiger partial charge on any atom is -0.378 e. The second-order valence-electron chi connectivity index (χ2n) is 7.23. The molecule has 4 nitrogen and oxygen atoms in total. The number of piperidine rings is 1. The molecule has 3 aliphatic rings. The van der Waals surface area contributed by atoms with Crippen LogP contribution < -0.4 is 5.73 Å². The summed E-state index contributed by atoms with van der Waals surface area (Å²) in [5.74, 6) is 2.88. The summed E-state index contributed by atoms with van der Waals surface area (Å²) in [6.45, 7) is 3.22. The van der Waals surface area contributed by atoms with Crippen LogP contribution in [0.2, 0.25) is 0 Å². The Labute approximate surface area is 128 Å². The zero-order valence-electron chi connectivity index (χ0n) is 13.1. The summed E-state index contributed by atoms with van der Waals surface area (Å²) in [6.07, 6.45) is 9.57. The van der Waals surface area contributed by atoms with Gasteiger partial charge in [-0.15, -0.1) is 0 Å². The molecule has 120 valence electrons. The van der Waals surface area contributed by atoms with E-state index >= 15 is 0 Å². The van der Waals surface area contributed by atoms with Gasteiger partial charge in [-0.05, 0) is 62.8 Å². The zero-order chi connectivity index (χ0) is 14.7. The minimum atomic E-state index is 0.336. The normalized spacial score (nSPS) is 32.8. The maximum atomic E-state index is 12.5. The van der Waals surface area contributed by atoms with E-state index in [2.05, 4.69) is 4.90 Å². The summed E-state index contributed by atoms with van der Waals surface area (Å²) in [4.78, 5) is 14.5. The lowest BCUT2D eigenvalue weighted by Crippen LogP contribution is -2.41. The first-order chi connectivity index (χ1) is 10.3. The van der Waals surface area contributed by atoms with Crippen LogP contribution in [0.1, 0.15) is 51.4 Å². The van der Waals surface area contributed by atoms with Gasteiger partial charge >= 0.3 is 0 Å². The van der Waals surface area contributed by atoms with Gasteiger partial charge in [0, 0.05) is 26.1 Å². The second-order valence-corrected chi connectivity index (χ2v) is 7.23. The molecule has 1 saturated heterocycles. The van der Waals surface area contributed by atoms with Gasteiger partial charge < -0.3 is 15.4 Å².